The molecule has 1 rings (SSSR count). The highest BCUT2D eigenvalue weighted by molar-refractivity contribution is 5.98. The second kappa shape index (κ2) is 7.49. The zero-order chi connectivity index (χ0) is 20.3. The number of ether oxygens (including phenoxy) is 4. The number of carbonyl (C=O) groups excluding carboxylic acids is 3. The first-order valence-corrected chi connectivity index (χ1v) is 6.19. The topological polar surface area (TPSA) is 88.1 Å². The first kappa shape index (κ1) is 21.1. The van der Waals surface area contributed by atoms with E-state index in [4.69, 9.17) is 0 Å². The molecule has 0 radical (unpaired) electrons. The third-order valence-electron chi connectivity index (χ3n) is 2.53. The molecule has 0 fully saturated rings. The van der Waals surface area contributed by atoms with Crippen molar-refractivity contribution in [1.29, 1.82) is 0 Å². The average molecular weight is 390 g/mol. The van der Waals surface area contributed by atoms with Crippen molar-refractivity contribution in [1.82, 2.24) is 0 Å². The second-order valence-corrected chi connectivity index (χ2v) is 4.26. The molecule has 0 bridgehead atoms. The fraction of sp³-hybridized carbons (Fsp3) is 0.308. The van der Waals surface area contributed by atoms with Crippen LogP contribution in [0.25, 0.3) is 0 Å². The van der Waals surface area contributed by atoms with Crippen molar-refractivity contribution in [2.24, 2.45) is 0 Å². The van der Waals surface area contributed by atoms with E-state index in [2.05, 4.69) is 18.9 Å². The third-order valence-corrected chi connectivity index (χ3v) is 2.53. The van der Waals surface area contributed by atoms with E-state index in [0.29, 0.717) is 12.1 Å². The number of esters is 3. The Labute approximate surface area is 140 Å². The van der Waals surface area contributed by atoms with E-state index >= 15 is 0 Å². The van der Waals surface area contributed by atoms with Gasteiger partial charge in [-0.05, 0) is 0 Å². The molecule has 0 aliphatic carbocycles. The summed E-state index contributed by atoms with van der Waals surface area (Å²) < 4.78 is 90.8. The zero-order valence-corrected chi connectivity index (χ0v) is 12.8. The number of benzene rings is 1. The summed E-state index contributed by atoms with van der Waals surface area (Å²) in [5.41, 5.74) is -1.16. The van der Waals surface area contributed by atoms with Gasteiger partial charge in [-0.1, -0.05) is 0 Å². The maximum Gasteiger partial charge on any atom is 0.491 e. The van der Waals surface area contributed by atoms with Crippen molar-refractivity contribution in [3.05, 3.63) is 17.7 Å². The van der Waals surface area contributed by atoms with Crippen molar-refractivity contribution in [2.75, 3.05) is 14.2 Å². The number of carbonyl (C=O) groups is 3. The van der Waals surface area contributed by atoms with E-state index in [1.54, 1.807) is 0 Å². The number of rotatable bonds is 4. The maximum absolute atomic E-state index is 12.3. The second-order valence-electron chi connectivity index (χ2n) is 4.26. The van der Waals surface area contributed by atoms with Crippen LogP contribution in [0, 0.1) is 0 Å². The molecule has 0 N–H and O–H groups in total. The van der Waals surface area contributed by atoms with Crippen LogP contribution in [0.2, 0.25) is 0 Å². The largest absolute Gasteiger partial charge is 0.496 e. The minimum Gasteiger partial charge on any atom is -0.496 e. The normalized spacial score (nSPS) is 11.5. The number of hydrogen-bond acceptors (Lipinski definition) is 7. The van der Waals surface area contributed by atoms with E-state index in [0.717, 1.165) is 14.2 Å². The van der Waals surface area contributed by atoms with E-state index in [1.165, 1.54) is 0 Å². The summed E-state index contributed by atoms with van der Waals surface area (Å²) in [6, 6.07) is 1.17. The van der Waals surface area contributed by atoms with Crippen LogP contribution in [0.1, 0.15) is 10.4 Å². The van der Waals surface area contributed by atoms with Crippen LogP contribution < -0.4 is 14.2 Å². The molecule has 0 amide bonds. The molecule has 13 heteroatoms. The Balaban J connectivity index is 3.52. The molecule has 0 spiro atoms. The summed E-state index contributed by atoms with van der Waals surface area (Å²) >= 11 is 0. The standard InChI is InChI=1S/C13H8F6O7/c1-23-5-3-6(25-10(21)12(14,15)16)8(9(20)24-2)7(4-5)26-11(22)13(17,18)19/h3-4H,1-2H3. The predicted octanol–water partition coefficient (Wildman–Crippen LogP) is 2.42. The van der Waals surface area contributed by atoms with Gasteiger partial charge < -0.3 is 18.9 Å². The fourth-order valence-corrected chi connectivity index (χ4v) is 1.46. The van der Waals surface area contributed by atoms with Gasteiger partial charge in [0, 0.05) is 12.1 Å². The molecule has 1 aromatic rings. The Morgan fingerprint density at radius 1 is 0.808 bits per heavy atom. The summed E-state index contributed by atoms with van der Waals surface area (Å²) in [5, 5.41) is 0. The molecule has 1 aromatic carbocycles. The van der Waals surface area contributed by atoms with Crippen LogP contribution in [0.3, 0.4) is 0 Å². The Hall–Kier alpha value is -2.99. The molecular formula is C13H8F6O7. The van der Waals surface area contributed by atoms with Crippen molar-refractivity contribution in [3.8, 4) is 17.2 Å². The monoisotopic (exact) mass is 390 g/mol. The van der Waals surface area contributed by atoms with Crippen LogP contribution in [-0.2, 0) is 14.3 Å². The molecule has 0 aliphatic rings. The van der Waals surface area contributed by atoms with Gasteiger partial charge in [-0.15, -0.1) is 0 Å². The molecule has 0 saturated carbocycles. The van der Waals surface area contributed by atoms with Crippen molar-refractivity contribution < 1.29 is 59.7 Å². The minimum atomic E-state index is -5.49. The van der Waals surface area contributed by atoms with Crippen molar-refractivity contribution >= 4 is 17.9 Å². The Bertz CT molecular complexity index is 674. The number of alkyl halides is 6. The molecular weight excluding hydrogens is 382 g/mol. The first-order valence-electron chi connectivity index (χ1n) is 6.19. The van der Waals surface area contributed by atoms with Gasteiger partial charge in [0.15, 0.2) is 11.5 Å². The van der Waals surface area contributed by atoms with Gasteiger partial charge in [0.25, 0.3) is 0 Å². The number of methoxy groups -OCH3 is 2. The summed E-state index contributed by atoms with van der Waals surface area (Å²) in [7, 11) is 1.69. The highest BCUT2D eigenvalue weighted by Gasteiger charge is 2.44. The first-order chi connectivity index (χ1) is 11.8. The van der Waals surface area contributed by atoms with Gasteiger partial charge in [0.1, 0.15) is 11.3 Å². The Kier molecular flexibility index (Phi) is 6.07. The molecule has 7 nitrogen and oxygen atoms in total. The van der Waals surface area contributed by atoms with E-state index in [-0.39, 0.29) is 0 Å². The summed E-state index contributed by atoms with van der Waals surface area (Å²) in [4.78, 5) is 33.6. The van der Waals surface area contributed by atoms with Crippen LogP contribution >= 0.6 is 0 Å². The Morgan fingerprint density at radius 2 is 1.19 bits per heavy atom. The Morgan fingerprint density at radius 3 is 1.46 bits per heavy atom. The van der Waals surface area contributed by atoms with Crippen LogP contribution in [-0.4, -0.2) is 44.5 Å². The molecule has 0 heterocycles. The zero-order valence-electron chi connectivity index (χ0n) is 12.8. The third kappa shape index (κ3) is 5.00. The SMILES string of the molecule is COC(=O)c1c(OC(=O)C(F)(F)F)cc(OC)cc1OC(=O)C(F)(F)F. The number of halogens is 6. The molecule has 0 atom stereocenters. The van der Waals surface area contributed by atoms with Crippen LogP contribution in [0.5, 0.6) is 17.2 Å². The van der Waals surface area contributed by atoms with E-state index in [1.807, 2.05) is 0 Å². The predicted molar refractivity (Wildman–Crippen MR) is 67.7 cm³/mol. The van der Waals surface area contributed by atoms with Crippen molar-refractivity contribution in [3.63, 3.8) is 0 Å². The molecule has 0 saturated heterocycles. The lowest BCUT2D eigenvalue weighted by molar-refractivity contribution is -0.190. The maximum atomic E-state index is 12.3. The van der Waals surface area contributed by atoms with E-state index in [9.17, 15) is 40.7 Å². The van der Waals surface area contributed by atoms with Gasteiger partial charge in [-0.25, -0.2) is 14.4 Å². The van der Waals surface area contributed by atoms with Gasteiger partial charge in [0.05, 0.1) is 14.2 Å². The summed E-state index contributed by atoms with van der Waals surface area (Å²) in [6.45, 7) is 0. The average Bonchev–Trinajstić information content (AvgIpc) is 2.51. The molecule has 144 valence electrons. The lowest BCUT2D eigenvalue weighted by Gasteiger charge is -2.16. The van der Waals surface area contributed by atoms with Gasteiger partial charge in [0.2, 0.25) is 0 Å². The molecule has 0 aromatic heterocycles. The van der Waals surface area contributed by atoms with Crippen LogP contribution in [0.15, 0.2) is 12.1 Å². The number of hydrogen-bond donors (Lipinski definition) is 0. The van der Waals surface area contributed by atoms with Gasteiger partial charge in [-0.2, -0.15) is 26.3 Å². The van der Waals surface area contributed by atoms with Gasteiger partial charge in [-0.3, -0.25) is 0 Å². The minimum absolute atomic E-state index is 0.479. The summed E-state index contributed by atoms with van der Waals surface area (Å²) in [6.07, 6.45) is -11.0. The molecule has 0 aliphatic heterocycles. The van der Waals surface area contributed by atoms with Gasteiger partial charge >= 0.3 is 30.3 Å². The van der Waals surface area contributed by atoms with Crippen molar-refractivity contribution in [2.45, 2.75) is 12.4 Å². The summed E-state index contributed by atoms with van der Waals surface area (Å²) in [5.74, 6) is -9.98. The lowest BCUT2D eigenvalue weighted by atomic mass is 10.1. The smallest absolute Gasteiger partial charge is 0.491 e. The fourth-order valence-electron chi connectivity index (χ4n) is 1.46. The highest BCUT2D eigenvalue weighted by Crippen LogP contribution is 2.37. The molecule has 26 heavy (non-hydrogen) atoms. The molecule has 0 unspecified atom stereocenters. The quantitative estimate of drug-likeness (QED) is 0.443. The van der Waals surface area contributed by atoms with E-state index < -0.39 is 53.1 Å². The highest BCUT2D eigenvalue weighted by atomic mass is 19.4. The lowest BCUT2D eigenvalue weighted by Crippen LogP contribution is -2.30. The van der Waals surface area contributed by atoms with Crippen LogP contribution in [0.4, 0.5) is 26.3 Å².